The molecule has 0 saturated heterocycles. The molecule has 0 bridgehead atoms. The summed E-state index contributed by atoms with van der Waals surface area (Å²) in [4.78, 5) is 15.3. The Morgan fingerprint density at radius 2 is 2.13 bits per heavy atom. The van der Waals surface area contributed by atoms with Gasteiger partial charge in [-0.15, -0.1) is 0 Å². The molecule has 0 saturated carbocycles. The lowest BCUT2D eigenvalue weighted by molar-refractivity contribution is 0.0594. The Hall–Kier alpha value is -1.17. The van der Waals surface area contributed by atoms with E-state index in [9.17, 15) is 4.79 Å². The van der Waals surface area contributed by atoms with E-state index in [0.717, 1.165) is 14.3 Å². The maximum absolute atomic E-state index is 11.3. The molecule has 15 heavy (non-hydrogen) atoms. The number of nitrogens with zero attached hydrogens (tertiary/aromatic N) is 1. The molecule has 1 aromatic heterocycles. The van der Waals surface area contributed by atoms with Gasteiger partial charge in [-0.3, -0.25) is 0 Å². The average Bonchev–Trinajstić information content (AvgIpc) is 2.27. The molecule has 0 spiro atoms. The Labute approximate surface area is 101 Å². The third-order valence-corrected chi connectivity index (χ3v) is 2.75. The van der Waals surface area contributed by atoms with Crippen molar-refractivity contribution in [2.45, 2.75) is 0 Å². The van der Waals surface area contributed by atoms with Gasteiger partial charge in [-0.2, -0.15) is 0 Å². The van der Waals surface area contributed by atoms with Crippen molar-refractivity contribution in [2.24, 2.45) is 0 Å². The summed E-state index contributed by atoms with van der Waals surface area (Å²) >= 11 is 2.23. The minimum absolute atomic E-state index is 0.340. The van der Waals surface area contributed by atoms with Crippen molar-refractivity contribution in [1.82, 2.24) is 4.98 Å². The Kier molecular flexibility index (Phi) is 2.86. The fraction of sp³-hybridized carbons (Fsp3) is 0.0909. The number of esters is 1. The van der Waals surface area contributed by atoms with Gasteiger partial charge in [0.2, 0.25) is 0 Å². The summed E-state index contributed by atoms with van der Waals surface area (Å²) in [6, 6.07) is 7.72. The number of aromatic nitrogens is 1. The van der Waals surface area contributed by atoms with Gasteiger partial charge in [0.25, 0.3) is 0 Å². The van der Waals surface area contributed by atoms with Gasteiger partial charge in [-0.1, -0.05) is 6.07 Å². The molecule has 2 aromatic rings. The Morgan fingerprint density at radius 1 is 1.33 bits per heavy atom. The van der Waals surface area contributed by atoms with Crippen LogP contribution in [0.5, 0.6) is 0 Å². The molecule has 0 atom stereocenters. The SMILES string of the molecule is COC(=O)c1cc2cc(I)ccc2cn1. The Morgan fingerprint density at radius 3 is 2.87 bits per heavy atom. The Balaban J connectivity index is 2.59. The summed E-state index contributed by atoms with van der Waals surface area (Å²) in [7, 11) is 1.35. The molecule has 0 radical (unpaired) electrons. The second kappa shape index (κ2) is 4.14. The van der Waals surface area contributed by atoms with Crippen LogP contribution in [0, 0.1) is 3.57 Å². The van der Waals surface area contributed by atoms with Gasteiger partial charge < -0.3 is 4.74 Å². The number of hydrogen-bond donors (Lipinski definition) is 0. The zero-order chi connectivity index (χ0) is 10.8. The lowest BCUT2D eigenvalue weighted by Gasteiger charge is -2.01. The molecule has 0 aliphatic heterocycles. The first kappa shape index (κ1) is 10.4. The van der Waals surface area contributed by atoms with Gasteiger partial charge in [0.15, 0.2) is 0 Å². The van der Waals surface area contributed by atoms with E-state index in [2.05, 4.69) is 32.3 Å². The lowest BCUT2D eigenvalue weighted by atomic mass is 10.1. The first-order valence-electron chi connectivity index (χ1n) is 4.34. The molecule has 1 heterocycles. The summed E-state index contributed by atoms with van der Waals surface area (Å²) < 4.78 is 5.74. The third-order valence-electron chi connectivity index (χ3n) is 2.08. The normalized spacial score (nSPS) is 10.3. The van der Waals surface area contributed by atoms with Gasteiger partial charge in [-0.25, -0.2) is 9.78 Å². The van der Waals surface area contributed by atoms with E-state index in [1.807, 2.05) is 18.2 Å². The highest BCUT2D eigenvalue weighted by molar-refractivity contribution is 14.1. The predicted octanol–water partition coefficient (Wildman–Crippen LogP) is 2.63. The van der Waals surface area contributed by atoms with E-state index in [1.165, 1.54) is 7.11 Å². The highest BCUT2D eigenvalue weighted by atomic mass is 127. The van der Waals surface area contributed by atoms with Crippen molar-refractivity contribution >= 4 is 39.3 Å². The van der Waals surface area contributed by atoms with Crippen LogP contribution in [-0.4, -0.2) is 18.1 Å². The monoisotopic (exact) mass is 313 g/mol. The molecule has 0 unspecified atom stereocenters. The zero-order valence-corrected chi connectivity index (χ0v) is 10.2. The van der Waals surface area contributed by atoms with E-state index in [1.54, 1.807) is 12.3 Å². The molecule has 3 nitrogen and oxygen atoms in total. The number of carbonyl (C=O) groups excluding carboxylic acids is 1. The van der Waals surface area contributed by atoms with E-state index in [-0.39, 0.29) is 0 Å². The van der Waals surface area contributed by atoms with E-state index in [0.29, 0.717) is 5.69 Å². The topological polar surface area (TPSA) is 39.2 Å². The number of halogens is 1. The number of methoxy groups -OCH3 is 1. The predicted molar refractivity (Wildman–Crippen MR) is 65.8 cm³/mol. The van der Waals surface area contributed by atoms with E-state index in [4.69, 9.17) is 0 Å². The summed E-state index contributed by atoms with van der Waals surface area (Å²) in [5.41, 5.74) is 0.340. The number of fused-ring (bicyclic) bond motifs is 1. The van der Waals surface area contributed by atoms with Crippen LogP contribution in [-0.2, 0) is 4.74 Å². The molecule has 0 N–H and O–H groups in total. The molecule has 4 heteroatoms. The number of carbonyl (C=O) groups is 1. The van der Waals surface area contributed by atoms with Crippen LogP contribution >= 0.6 is 22.6 Å². The maximum atomic E-state index is 11.3. The van der Waals surface area contributed by atoms with Gasteiger partial charge in [-0.05, 0) is 46.2 Å². The van der Waals surface area contributed by atoms with Gasteiger partial charge >= 0.3 is 5.97 Å². The lowest BCUT2D eigenvalue weighted by Crippen LogP contribution is -2.03. The second-order valence-electron chi connectivity index (χ2n) is 3.05. The molecule has 0 fully saturated rings. The van der Waals surface area contributed by atoms with Crippen molar-refractivity contribution in [3.05, 3.63) is 39.7 Å². The van der Waals surface area contributed by atoms with Gasteiger partial charge in [0.1, 0.15) is 5.69 Å². The summed E-state index contributed by atoms with van der Waals surface area (Å²) in [5, 5.41) is 2.01. The number of pyridine rings is 1. The second-order valence-corrected chi connectivity index (χ2v) is 4.30. The first-order chi connectivity index (χ1) is 7.20. The van der Waals surface area contributed by atoms with Gasteiger partial charge in [0, 0.05) is 15.2 Å². The van der Waals surface area contributed by atoms with Crippen LogP contribution in [0.3, 0.4) is 0 Å². The number of ether oxygens (including phenoxy) is 1. The number of rotatable bonds is 1. The van der Waals surface area contributed by atoms with Crippen molar-refractivity contribution < 1.29 is 9.53 Å². The van der Waals surface area contributed by atoms with Crippen molar-refractivity contribution in [1.29, 1.82) is 0 Å². The van der Waals surface area contributed by atoms with Crippen molar-refractivity contribution in [3.8, 4) is 0 Å². The Bertz CT molecular complexity index is 525. The van der Waals surface area contributed by atoms with Crippen LogP contribution in [0.25, 0.3) is 10.8 Å². The standard InChI is InChI=1S/C11H8INO2/c1-15-11(14)10-5-8-4-9(12)3-2-7(8)6-13-10/h2-6H,1H3. The van der Waals surface area contributed by atoms with Crippen LogP contribution in [0.1, 0.15) is 10.5 Å². The van der Waals surface area contributed by atoms with Crippen molar-refractivity contribution in [2.75, 3.05) is 7.11 Å². The maximum Gasteiger partial charge on any atom is 0.356 e. The fourth-order valence-corrected chi connectivity index (χ4v) is 1.84. The molecule has 1 aromatic carbocycles. The number of benzene rings is 1. The largest absolute Gasteiger partial charge is 0.464 e. The smallest absolute Gasteiger partial charge is 0.356 e. The van der Waals surface area contributed by atoms with Crippen LogP contribution in [0.2, 0.25) is 0 Å². The minimum Gasteiger partial charge on any atom is -0.464 e. The molecule has 2 rings (SSSR count). The molecular formula is C11H8INO2. The summed E-state index contributed by atoms with van der Waals surface area (Å²) in [5.74, 6) is -0.407. The molecule has 76 valence electrons. The summed E-state index contributed by atoms with van der Waals surface area (Å²) in [6.07, 6.45) is 1.68. The number of hydrogen-bond acceptors (Lipinski definition) is 3. The van der Waals surface area contributed by atoms with Gasteiger partial charge in [0.05, 0.1) is 7.11 Å². The molecule has 0 aliphatic carbocycles. The average molecular weight is 313 g/mol. The zero-order valence-electron chi connectivity index (χ0n) is 8.03. The highest BCUT2D eigenvalue weighted by Crippen LogP contribution is 2.17. The first-order valence-corrected chi connectivity index (χ1v) is 5.42. The van der Waals surface area contributed by atoms with Crippen LogP contribution in [0.15, 0.2) is 30.5 Å². The molecular weight excluding hydrogens is 305 g/mol. The van der Waals surface area contributed by atoms with E-state index >= 15 is 0 Å². The minimum atomic E-state index is -0.407. The highest BCUT2D eigenvalue weighted by Gasteiger charge is 2.07. The quantitative estimate of drug-likeness (QED) is 0.600. The van der Waals surface area contributed by atoms with Crippen LogP contribution < -0.4 is 0 Å². The van der Waals surface area contributed by atoms with Crippen LogP contribution in [0.4, 0.5) is 0 Å². The third kappa shape index (κ3) is 2.09. The summed E-state index contributed by atoms with van der Waals surface area (Å²) in [6.45, 7) is 0. The molecule has 0 amide bonds. The fourth-order valence-electron chi connectivity index (χ4n) is 1.33. The molecule has 0 aliphatic rings. The van der Waals surface area contributed by atoms with Crippen molar-refractivity contribution in [3.63, 3.8) is 0 Å². The van der Waals surface area contributed by atoms with E-state index < -0.39 is 5.97 Å².